The lowest BCUT2D eigenvalue weighted by molar-refractivity contribution is 0.792. The van der Waals surface area contributed by atoms with E-state index in [1.54, 1.807) is 0 Å². The predicted molar refractivity (Wildman–Crippen MR) is 417 cm³/mol. The molecule has 0 fully saturated rings. The van der Waals surface area contributed by atoms with Gasteiger partial charge in [0.25, 0.3) is 0 Å². The van der Waals surface area contributed by atoms with Crippen LogP contribution in [0.1, 0.15) is 36.1 Å². The zero-order chi connectivity index (χ0) is 65.7. The maximum Gasteiger partial charge on any atom is 0.0788 e. The van der Waals surface area contributed by atoms with Crippen LogP contribution >= 0.6 is 0 Å². The SMILES string of the molecule is CC.c1ccc(-c2cc(-c3ccccc3)cc(-n3c4ccccc4c4ccc(-c5nc6ccccc6c6ccccc56)cc43)c2)cc1.c1ccc2c(c1)-c1ccccc1C21c2ccccc2-c2ccc(-n3c4ccccc4c4cc(-c5nc6ccccc6c6ccccc56)ccc43)cc21. The highest BCUT2D eigenvalue weighted by atomic mass is 15.0. The lowest BCUT2D eigenvalue weighted by atomic mass is 9.70. The van der Waals surface area contributed by atoms with Crippen LogP contribution in [0.5, 0.6) is 0 Å². The zero-order valence-electron chi connectivity index (χ0n) is 54.8. The van der Waals surface area contributed by atoms with Crippen LogP contribution in [0.25, 0.3) is 165 Å². The van der Waals surface area contributed by atoms with Crippen LogP contribution in [0.4, 0.5) is 0 Å². The van der Waals surface area contributed by atoms with Gasteiger partial charge in [0.15, 0.2) is 0 Å². The van der Waals surface area contributed by atoms with E-state index < -0.39 is 0 Å². The fraction of sp³-hybridized carbons (Fsp3) is 0.0316. The summed E-state index contributed by atoms with van der Waals surface area (Å²) in [4.78, 5) is 10.5. The minimum Gasteiger partial charge on any atom is -0.309 e. The molecule has 99 heavy (non-hydrogen) atoms. The van der Waals surface area contributed by atoms with Gasteiger partial charge in [0, 0.05) is 65.6 Å². The largest absolute Gasteiger partial charge is 0.309 e. The van der Waals surface area contributed by atoms with Crippen molar-refractivity contribution in [2.24, 2.45) is 0 Å². The molecule has 0 N–H and O–H groups in total. The Bertz CT molecular complexity index is 6330. The minimum atomic E-state index is -0.385. The topological polar surface area (TPSA) is 35.6 Å². The standard InChI is InChI=1S/C50H30N2.C43H28N2.C2H6/c1-2-19-40-33(13-1)38-17-6-11-23-46(38)51-49(40)31-25-28-48-41(29-31)39-18-7-12-24-47(39)52(48)32-26-27-37-36-16-5-10-22-44(36)50(45(37)30-32)42-20-8-3-14-34(42)35-15-4-9-21-43(35)50;1-3-13-29(14-4-1)32-25-33(30-15-5-2-6-16-30)27-34(26-32)45-41-22-12-10-19-37(41)38-24-23-31(28-42(38)45)43-39-20-8-7-17-35(39)36-18-9-11-21-40(36)44-43;1-2/h1-30H;1-28H;1-2H3. The Morgan fingerprint density at radius 2 is 0.596 bits per heavy atom. The maximum atomic E-state index is 5.26. The van der Waals surface area contributed by atoms with Gasteiger partial charge in [-0.1, -0.05) is 293 Å². The summed E-state index contributed by atoms with van der Waals surface area (Å²) >= 11 is 0. The van der Waals surface area contributed by atoms with Crippen LogP contribution in [0, 0.1) is 0 Å². The van der Waals surface area contributed by atoms with Crippen LogP contribution in [0.2, 0.25) is 0 Å². The molecule has 0 radical (unpaired) electrons. The van der Waals surface area contributed by atoms with Crippen LogP contribution < -0.4 is 0 Å². The summed E-state index contributed by atoms with van der Waals surface area (Å²) in [6.07, 6.45) is 0. The molecule has 4 heterocycles. The van der Waals surface area contributed by atoms with E-state index in [9.17, 15) is 0 Å². The summed E-state index contributed by atoms with van der Waals surface area (Å²) in [7, 11) is 0. The van der Waals surface area contributed by atoms with Gasteiger partial charge in [0.2, 0.25) is 0 Å². The van der Waals surface area contributed by atoms with E-state index in [4.69, 9.17) is 9.97 Å². The summed E-state index contributed by atoms with van der Waals surface area (Å²) in [5.41, 5.74) is 28.4. The molecule has 19 aromatic rings. The summed E-state index contributed by atoms with van der Waals surface area (Å²) in [5.74, 6) is 0. The molecule has 4 nitrogen and oxygen atoms in total. The average molecular weight is 1260 g/mol. The fourth-order valence-corrected chi connectivity index (χ4v) is 16.6. The Balaban J connectivity index is 0.000000136. The zero-order valence-corrected chi connectivity index (χ0v) is 54.8. The van der Waals surface area contributed by atoms with Gasteiger partial charge in [-0.3, -0.25) is 0 Å². The highest BCUT2D eigenvalue weighted by Gasteiger charge is 2.51. The van der Waals surface area contributed by atoms with Crippen molar-refractivity contribution in [2.75, 3.05) is 0 Å². The van der Waals surface area contributed by atoms with Gasteiger partial charge < -0.3 is 9.13 Å². The molecule has 0 aliphatic heterocycles. The Hall–Kier alpha value is -12.8. The molecular formula is C95H64N4. The van der Waals surface area contributed by atoms with Crippen molar-refractivity contribution in [1.82, 2.24) is 19.1 Å². The molecule has 1 spiro atoms. The molecule has 0 bridgehead atoms. The first-order chi connectivity index (χ1) is 49.1. The second-order valence-electron chi connectivity index (χ2n) is 25.8. The van der Waals surface area contributed by atoms with E-state index in [1.165, 1.54) is 137 Å². The molecule has 464 valence electrons. The van der Waals surface area contributed by atoms with Gasteiger partial charge in [-0.05, 0) is 150 Å². The Labute approximate surface area is 574 Å². The third kappa shape index (κ3) is 8.93. The van der Waals surface area contributed by atoms with E-state index in [1.807, 2.05) is 13.8 Å². The number of fused-ring (bicyclic) bond motifs is 22. The number of hydrogen-bond donors (Lipinski definition) is 0. The van der Waals surface area contributed by atoms with Crippen LogP contribution in [-0.2, 0) is 5.41 Å². The number of benzene rings is 15. The number of nitrogens with zero attached hydrogens (tertiary/aromatic N) is 4. The predicted octanol–water partition coefficient (Wildman–Crippen LogP) is 25.0. The highest BCUT2D eigenvalue weighted by Crippen LogP contribution is 2.63. The molecule has 15 aromatic carbocycles. The minimum absolute atomic E-state index is 0.385. The normalized spacial score (nSPS) is 12.4. The van der Waals surface area contributed by atoms with E-state index in [0.717, 1.165) is 50.1 Å². The number of rotatable bonds is 6. The first-order valence-corrected chi connectivity index (χ1v) is 34.4. The van der Waals surface area contributed by atoms with Crippen LogP contribution in [0.15, 0.2) is 352 Å². The van der Waals surface area contributed by atoms with E-state index >= 15 is 0 Å². The Morgan fingerprint density at radius 3 is 1.13 bits per heavy atom. The summed E-state index contributed by atoms with van der Waals surface area (Å²) in [6, 6.07) is 128. The van der Waals surface area contributed by atoms with Crippen molar-refractivity contribution in [3.05, 3.63) is 374 Å². The van der Waals surface area contributed by atoms with Gasteiger partial charge in [0.05, 0.1) is 49.9 Å². The van der Waals surface area contributed by atoms with Crippen LogP contribution in [0.3, 0.4) is 0 Å². The van der Waals surface area contributed by atoms with Gasteiger partial charge in [-0.15, -0.1) is 0 Å². The summed E-state index contributed by atoms with van der Waals surface area (Å²) in [5, 5.41) is 12.1. The van der Waals surface area contributed by atoms with Gasteiger partial charge >= 0.3 is 0 Å². The fourth-order valence-electron chi connectivity index (χ4n) is 16.6. The van der Waals surface area contributed by atoms with Crippen molar-refractivity contribution in [1.29, 1.82) is 0 Å². The molecule has 0 unspecified atom stereocenters. The molecule has 0 saturated heterocycles. The molecular weight excluding hydrogens is 1200 g/mol. The average Bonchev–Trinajstić information content (AvgIpc) is 1.51. The second-order valence-corrected chi connectivity index (χ2v) is 25.8. The lowest BCUT2D eigenvalue weighted by Gasteiger charge is -2.30. The molecule has 2 aliphatic carbocycles. The first kappa shape index (κ1) is 57.7. The van der Waals surface area contributed by atoms with Gasteiger partial charge in [-0.2, -0.15) is 0 Å². The molecule has 21 rings (SSSR count). The highest BCUT2D eigenvalue weighted by molar-refractivity contribution is 6.16. The third-order valence-corrected chi connectivity index (χ3v) is 20.7. The Morgan fingerprint density at radius 1 is 0.212 bits per heavy atom. The van der Waals surface area contributed by atoms with Gasteiger partial charge in [-0.25, -0.2) is 9.97 Å². The van der Waals surface area contributed by atoms with E-state index in [2.05, 4.69) is 361 Å². The molecule has 4 heteroatoms. The Kier molecular flexibility index (Phi) is 13.6. The number of hydrogen-bond acceptors (Lipinski definition) is 2. The third-order valence-electron chi connectivity index (χ3n) is 20.7. The van der Waals surface area contributed by atoms with Crippen molar-refractivity contribution < 1.29 is 0 Å². The molecule has 0 amide bonds. The van der Waals surface area contributed by atoms with Gasteiger partial charge in [0.1, 0.15) is 0 Å². The van der Waals surface area contributed by atoms with Crippen molar-refractivity contribution >= 4 is 87.0 Å². The number of aromatic nitrogens is 4. The van der Waals surface area contributed by atoms with E-state index in [0.29, 0.717) is 0 Å². The summed E-state index contributed by atoms with van der Waals surface area (Å²) in [6.45, 7) is 4.00. The van der Waals surface area contributed by atoms with Crippen molar-refractivity contribution in [3.63, 3.8) is 0 Å². The number of para-hydroxylation sites is 4. The smallest absolute Gasteiger partial charge is 0.0788 e. The molecule has 2 aliphatic rings. The quantitative estimate of drug-likeness (QED) is 0.156. The van der Waals surface area contributed by atoms with Crippen LogP contribution in [-0.4, -0.2) is 19.1 Å². The number of pyridine rings is 2. The molecule has 4 aromatic heterocycles. The monoisotopic (exact) mass is 1260 g/mol. The van der Waals surface area contributed by atoms with Crippen molar-refractivity contribution in [2.45, 2.75) is 19.3 Å². The lowest BCUT2D eigenvalue weighted by Crippen LogP contribution is -2.26. The van der Waals surface area contributed by atoms with Crippen molar-refractivity contribution in [3.8, 4) is 78.4 Å². The maximum absolute atomic E-state index is 5.26. The second kappa shape index (κ2) is 23.3. The van der Waals surface area contributed by atoms with E-state index in [-0.39, 0.29) is 5.41 Å². The first-order valence-electron chi connectivity index (χ1n) is 34.4. The molecule has 0 saturated carbocycles. The summed E-state index contributed by atoms with van der Waals surface area (Å²) < 4.78 is 4.89. The molecule has 0 atom stereocenters.